The zero-order valence-electron chi connectivity index (χ0n) is 12.2. The predicted molar refractivity (Wildman–Crippen MR) is 82.1 cm³/mol. The van der Waals surface area contributed by atoms with E-state index in [4.69, 9.17) is 26.8 Å². The van der Waals surface area contributed by atoms with E-state index in [1.165, 1.54) is 4.90 Å². The summed E-state index contributed by atoms with van der Waals surface area (Å²) in [6.45, 7) is 3.00. The van der Waals surface area contributed by atoms with E-state index in [-0.39, 0.29) is 19.2 Å². The van der Waals surface area contributed by atoms with E-state index in [1.54, 1.807) is 18.2 Å². The Morgan fingerprint density at radius 1 is 1.55 bits per heavy atom. The van der Waals surface area contributed by atoms with Crippen molar-refractivity contribution in [2.45, 2.75) is 13.0 Å². The molecule has 3 amide bonds. The highest BCUT2D eigenvalue weighted by Crippen LogP contribution is 2.33. The monoisotopic (exact) mass is 327 g/mol. The number of ether oxygens (including phenoxy) is 2. The maximum atomic E-state index is 12.3. The molecule has 0 spiro atoms. The zero-order valence-corrected chi connectivity index (χ0v) is 12.9. The predicted octanol–water partition coefficient (Wildman–Crippen LogP) is 1.46. The fourth-order valence-corrected chi connectivity index (χ4v) is 2.33. The summed E-state index contributed by atoms with van der Waals surface area (Å²) in [6, 6.07) is 4.73. The number of morpholine rings is 1. The molecule has 0 saturated carbocycles. The summed E-state index contributed by atoms with van der Waals surface area (Å²) in [4.78, 5) is 24.9. The maximum Gasteiger partial charge on any atom is 0.322 e. The molecule has 1 aliphatic rings. The Labute approximate surface area is 133 Å². The smallest absolute Gasteiger partial charge is 0.322 e. The van der Waals surface area contributed by atoms with Crippen LogP contribution in [-0.2, 0) is 9.53 Å². The van der Waals surface area contributed by atoms with E-state index in [0.29, 0.717) is 29.6 Å². The lowest BCUT2D eigenvalue weighted by Crippen LogP contribution is -2.51. The molecule has 1 atom stereocenters. The van der Waals surface area contributed by atoms with Crippen LogP contribution in [-0.4, -0.2) is 49.2 Å². The van der Waals surface area contributed by atoms with E-state index in [9.17, 15) is 9.59 Å². The maximum absolute atomic E-state index is 12.3. The van der Waals surface area contributed by atoms with Gasteiger partial charge in [-0.1, -0.05) is 17.7 Å². The van der Waals surface area contributed by atoms with Crippen LogP contribution in [0.15, 0.2) is 18.2 Å². The van der Waals surface area contributed by atoms with Gasteiger partial charge in [-0.2, -0.15) is 0 Å². The van der Waals surface area contributed by atoms with E-state index >= 15 is 0 Å². The molecule has 1 saturated heterocycles. The summed E-state index contributed by atoms with van der Waals surface area (Å²) in [5.41, 5.74) is 5.68. The summed E-state index contributed by atoms with van der Waals surface area (Å²) < 4.78 is 10.7. The molecule has 7 nitrogen and oxygen atoms in total. The summed E-state index contributed by atoms with van der Waals surface area (Å²) in [6.07, 6.45) is -0.787. The number of halogens is 1. The number of para-hydroxylation sites is 1. The number of nitrogens with zero attached hydrogens (tertiary/aromatic N) is 1. The fraction of sp³-hybridized carbons (Fsp3) is 0.429. The van der Waals surface area contributed by atoms with E-state index in [1.807, 2.05) is 6.92 Å². The number of nitrogens with two attached hydrogens (primary N) is 1. The van der Waals surface area contributed by atoms with Crippen LogP contribution in [0.5, 0.6) is 5.75 Å². The number of benzene rings is 1. The molecule has 1 aromatic rings. The van der Waals surface area contributed by atoms with Crippen LogP contribution >= 0.6 is 11.6 Å². The number of primary amides is 1. The van der Waals surface area contributed by atoms with Crippen molar-refractivity contribution >= 4 is 29.2 Å². The third-order valence-electron chi connectivity index (χ3n) is 3.17. The Hall–Kier alpha value is -1.99. The minimum atomic E-state index is -0.787. The molecule has 0 aliphatic carbocycles. The van der Waals surface area contributed by atoms with Crippen LogP contribution in [0, 0.1) is 0 Å². The number of carbonyl (C=O) groups excluding carboxylic acids is 2. The number of hydrogen-bond acceptors (Lipinski definition) is 4. The normalized spacial score (nSPS) is 17.9. The van der Waals surface area contributed by atoms with Crippen LogP contribution in [0.25, 0.3) is 0 Å². The molecule has 1 aromatic carbocycles. The highest BCUT2D eigenvalue weighted by Gasteiger charge is 2.28. The summed E-state index contributed by atoms with van der Waals surface area (Å²) in [5.74, 6) is -0.171. The lowest BCUT2D eigenvalue weighted by atomic mass is 10.2. The highest BCUT2D eigenvalue weighted by molar-refractivity contribution is 6.32. The number of nitrogens with one attached hydrogen (secondary N) is 1. The van der Waals surface area contributed by atoms with Gasteiger partial charge in [-0.15, -0.1) is 0 Å². The molecule has 0 unspecified atom stereocenters. The molecule has 120 valence electrons. The van der Waals surface area contributed by atoms with Gasteiger partial charge in [0.05, 0.1) is 30.5 Å². The lowest BCUT2D eigenvalue weighted by Gasteiger charge is -2.31. The van der Waals surface area contributed by atoms with Crippen LogP contribution in [0.2, 0.25) is 5.02 Å². The van der Waals surface area contributed by atoms with Crippen molar-refractivity contribution in [3.8, 4) is 5.75 Å². The number of hydrogen-bond donors (Lipinski definition) is 2. The first kappa shape index (κ1) is 16.4. The number of anilines is 1. The van der Waals surface area contributed by atoms with Gasteiger partial charge in [0.25, 0.3) is 0 Å². The Bertz CT molecular complexity index is 567. The van der Waals surface area contributed by atoms with Crippen molar-refractivity contribution in [1.29, 1.82) is 0 Å². The Kier molecular flexibility index (Phi) is 5.46. The third kappa shape index (κ3) is 3.80. The zero-order chi connectivity index (χ0) is 16.1. The largest absolute Gasteiger partial charge is 0.490 e. The Balaban J connectivity index is 2.09. The quantitative estimate of drug-likeness (QED) is 0.875. The fourth-order valence-electron chi connectivity index (χ4n) is 2.10. The molecule has 8 heteroatoms. The van der Waals surface area contributed by atoms with Crippen LogP contribution in [0.4, 0.5) is 10.5 Å². The van der Waals surface area contributed by atoms with Gasteiger partial charge in [0.1, 0.15) is 0 Å². The molecule has 0 bridgehead atoms. The van der Waals surface area contributed by atoms with E-state index in [0.717, 1.165) is 0 Å². The molecule has 2 rings (SSSR count). The lowest BCUT2D eigenvalue weighted by molar-refractivity contribution is -0.133. The molecule has 0 aromatic heterocycles. The topological polar surface area (TPSA) is 93.9 Å². The van der Waals surface area contributed by atoms with Gasteiger partial charge in [0.15, 0.2) is 11.9 Å². The average Bonchev–Trinajstić information content (AvgIpc) is 2.51. The summed E-state index contributed by atoms with van der Waals surface area (Å²) >= 11 is 6.07. The minimum absolute atomic E-state index is 0.117. The van der Waals surface area contributed by atoms with Crippen molar-refractivity contribution in [3.05, 3.63) is 23.2 Å². The SMILES string of the molecule is CCOc1c(Cl)cccc1NC(=O)N1CCO[C@H](C(N)=O)C1. The minimum Gasteiger partial charge on any atom is -0.490 e. The van der Waals surface area contributed by atoms with Gasteiger partial charge in [-0.3, -0.25) is 4.79 Å². The number of urea groups is 1. The molecule has 3 N–H and O–H groups in total. The second-order valence-corrected chi connectivity index (χ2v) is 5.09. The highest BCUT2D eigenvalue weighted by atomic mass is 35.5. The van der Waals surface area contributed by atoms with E-state index < -0.39 is 12.0 Å². The average molecular weight is 328 g/mol. The molecule has 1 heterocycles. The van der Waals surface area contributed by atoms with Gasteiger partial charge in [-0.25, -0.2) is 4.79 Å². The van der Waals surface area contributed by atoms with E-state index in [2.05, 4.69) is 5.32 Å². The van der Waals surface area contributed by atoms with Gasteiger partial charge in [0.2, 0.25) is 5.91 Å². The van der Waals surface area contributed by atoms with Gasteiger partial charge in [0, 0.05) is 6.54 Å². The molecule has 1 fully saturated rings. The second kappa shape index (κ2) is 7.33. The van der Waals surface area contributed by atoms with Gasteiger partial charge in [-0.05, 0) is 19.1 Å². The van der Waals surface area contributed by atoms with Crippen LogP contribution < -0.4 is 15.8 Å². The second-order valence-electron chi connectivity index (χ2n) is 4.69. The standard InChI is InChI=1S/C14H18ClN3O4/c1-2-21-12-9(15)4-3-5-10(12)17-14(20)18-6-7-22-11(8-18)13(16)19/h3-5,11H,2,6-8H2,1H3,(H2,16,19)(H,17,20)/t11-/m0/s1. The first-order chi connectivity index (χ1) is 10.5. The third-order valence-corrected chi connectivity index (χ3v) is 3.47. The molecular formula is C14H18ClN3O4. The Morgan fingerprint density at radius 3 is 3.00 bits per heavy atom. The van der Waals surface area contributed by atoms with Crippen molar-refractivity contribution in [2.24, 2.45) is 5.73 Å². The van der Waals surface area contributed by atoms with Gasteiger partial charge >= 0.3 is 6.03 Å². The first-order valence-corrected chi connectivity index (χ1v) is 7.29. The molecule has 22 heavy (non-hydrogen) atoms. The van der Waals surface area contributed by atoms with Crippen molar-refractivity contribution in [1.82, 2.24) is 4.90 Å². The molecule has 1 aliphatic heterocycles. The summed E-state index contributed by atoms with van der Waals surface area (Å²) in [5, 5.41) is 3.15. The first-order valence-electron chi connectivity index (χ1n) is 6.91. The Morgan fingerprint density at radius 2 is 2.32 bits per heavy atom. The van der Waals surface area contributed by atoms with Crippen molar-refractivity contribution in [2.75, 3.05) is 31.6 Å². The number of rotatable bonds is 4. The van der Waals surface area contributed by atoms with Crippen molar-refractivity contribution in [3.63, 3.8) is 0 Å². The van der Waals surface area contributed by atoms with Gasteiger partial charge < -0.3 is 25.4 Å². The van der Waals surface area contributed by atoms with Crippen LogP contribution in [0.3, 0.4) is 0 Å². The molecule has 0 radical (unpaired) electrons. The number of carbonyl (C=O) groups is 2. The number of amides is 3. The van der Waals surface area contributed by atoms with Crippen molar-refractivity contribution < 1.29 is 19.1 Å². The molecular weight excluding hydrogens is 310 g/mol. The van der Waals surface area contributed by atoms with Crippen LogP contribution in [0.1, 0.15) is 6.92 Å². The summed E-state index contributed by atoms with van der Waals surface area (Å²) in [7, 11) is 0.